The highest BCUT2D eigenvalue weighted by atomic mass is 16.2. The van der Waals surface area contributed by atoms with Crippen molar-refractivity contribution in [3.8, 4) is 0 Å². The number of aromatic nitrogens is 2. The van der Waals surface area contributed by atoms with Crippen molar-refractivity contribution in [1.29, 1.82) is 0 Å². The molecule has 1 aromatic heterocycles. The first-order valence-electron chi connectivity index (χ1n) is 9.17. The Balaban J connectivity index is 1.71. The second-order valence-electron chi connectivity index (χ2n) is 6.51. The van der Waals surface area contributed by atoms with Crippen LogP contribution in [0.3, 0.4) is 0 Å². The Hall–Kier alpha value is -2.43. The van der Waals surface area contributed by atoms with Crippen LogP contribution in [-0.4, -0.2) is 40.6 Å². The maximum atomic E-state index is 12.8. The van der Waals surface area contributed by atoms with Crippen LogP contribution in [0.4, 0.5) is 5.82 Å². The van der Waals surface area contributed by atoms with E-state index in [2.05, 4.69) is 47.1 Å². The number of rotatable bonds is 6. The van der Waals surface area contributed by atoms with E-state index in [1.807, 2.05) is 23.1 Å². The van der Waals surface area contributed by atoms with Gasteiger partial charge in [0.05, 0.1) is 0 Å². The number of benzene rings is 1. The molecule has 5 nitrogen and oxygen atoms in total. The van der Waals surface area contributed by atoms with Gasteiger partial charge in [0.15, 0.2) is 11.5 Å². The lowest BCUT2D eigenvalue weighted by Crippen LogP contribution is -2.36. The molecule has 1 aromatic carbocycles. The summed E-state index contributed by atoms with van der Waals surface area (Å²) in [5, 5.41) is 8.52. The summed E-state index contributed by atoms with van der Waals surface area (Å²) in [6, 6.07) is 12.0. The maximum absolute atomic E-state index is 12.8. The van der Waals surface area contributed by atoms with E-state index < -0.39 is 0 Å². The number of hydrogen-bond acceptors (Lipinski definition) is 4. The van der Waals surface area contributed by atoms with Gasteiger partial charge in [-0.1, -0.05) is 38.1 Å². The Kier molecular flexibility index (Phi) is 5.64. The maximum Gasteiger partial charge on any atom is 0.274 e. The number of carbonyl (C=O) groups is 1. The van der Waals surface area contributed by atoms with Crippen molar-refractivity contribution in [2.45, 2.75) is 39.7 Å². The van der Waals surface area contributed by atoms with Gasteiger partial charge < -0.3 is 9.80 Å². The van der Waals surface area contributed by atoms with Gasteiger partial charge in [0.2, 0.25) is 0 Å². The predicted molar refractivity (Wildman–Crippen MR) is 99.7 cm³/mol. The molecule has 0 saturated heterocycles. The summed E-state index contributed by atoms with van der Waals surface area (Å²) in [7, 11) is 0. The zero-order valence-corrected chi connectivity index (χ0v) is 15.1. The Morgan fingerprint density at radius 3 is 2.40 bits per heavy atom. The first-order valence-corrected chi connectivity index (χ1v) is 9.17. The molecule has 0 saturated carbocycles. The second-order valence-corrected chi connectivity index (χ2v) is 6.51. The lowest BCUT2D eigenvalue weighted by molar-refractivity contribution is 0.0727. The highest BCUT2D eigenvalue weighted by molar-refractivity contribution is 5.92. The molecule has 0 bridgehead atoms. The van der Waals surface area contributed by atoms with Crippen LogP contribution in [0.2, 0.25) is 0 Å². The molecule has 2 heterocycles. The lowest BCUT2D eigenvalue weighted by atomic mass is 10.00. The molecule has 3 rings (SSSR count). The number of fused-ring (bicyclic) bond motifs is 1. The summed E-state index contributed by atoms with van der Waals surface area (Å²) in [5.41, 5.74) is 2.99. The normalized spacial score (nSPS) is 13.4. The number of amides is 1. The van der Waals surface area contributed by atoms with Crippen molar-refractivity contribution in [1.82, 2.24) is 15.1 Å². The van der Waals surface area contributed by atoms with Gasteiger partial charge in [-0.2, -0.15) is 0 Å². The summed E-state index contributed by atoms with van der Waals surface area (Å²) in [5.74, 6) is 0.815. The van der Waals surface area contributed by atoms with Gasteiger partial charge in [0.25, 0.3) is 5.91 Å². The zero-order chi connectivity index (χ0) is 17.6. The number of nitrogens with zero attached hydrogens (tertiary/aromatic N) is 4. The Bertz CT molecular complexity index is 708. The van der Waals surface area contributed by atoms with Gasteiger partial charge in [0, 0.05) is 26.2 Å². The minimum atomic E-state index is -0.0360. The van der Waals surface area contributed by atoms with Crippen molar-refractivity contribution >= 4 is 11.7 Å². The largest absolute Gasteiger partial charge is 0.355 e. The standard InChI is InChI=1S/C20H26N4O/c1-3-12-23(13-4-2)19-10-9-18(21-22-19)20(25)24-14-11-16-7-5-6-8-17(16)15-24/h5-10H,3-4,11-15H2,1-2H3. The third kappa shape index (κ3) is 3.98. The van der Waals surface area contributed by atoms with Crippen molar-refractivity contribution in [2.75, 3.05) is 24.5 Å². The topological polar surface area (TPSA) is 49.3 Å². The first kappa shape index (κ1) is 17.4. The minimum Gasteiger partial charge on any atom is -0.355 e. The monoisotopic (exact) mass is 338 g/mol. The molecule has 1 aliphatic heterocycles. The molecule has 0 aliphatic carbocycles. The fourth-order valence-electron chi connectivity index (χ4n) is 3.32. The third-order valence-electron chi connectivity index (χ3n) is 4.60. The van der Waals surface area contributed by atoms with E-state index >= 15 is 0 Å². The van der Waals surface area contributed by atoms with E-state index in [1.54, 1.807) is 0 Å². The van der Waals surface area contributed by atoms with Crippen molar-refractivity contribution in [3.05, 3.63) is 53.2 Å². The van der Waals surface area contributed by atoms with E-state index in [-0.39, 0.29) is 5.91 Å². The molecule has 25 heavy (non-hydrogen) atoms. The minimum absolute atomic E-state index is 0.0360. The lowest BCUT2D eigenvalue weighted by Gasteiger charge is -2.28. The summed E-state index contributed by atoms with van der Waals surface area (Å²) in [4.78, 5) is 16.8. The van der Waals surface area contributed by atoms with Crippen LogP contribution in [0.15, 0.2) is 36.4 Å². The quantitative estimate of drug-likeness (QED) is 0.811. The molecule has 1 aliphatic rings. The van der Waals surface area contributed by atoms with Crippen LogP contribution < -0.4 is 4.90 Å². The van der Waals surface area contributed by atoms with Crippen molar-refractivity contribution < 1.29 is 4.79 Å². The van der Waals surface area contributed by atoms with Gasteiger partial charge in [-0.25, -0.2) is 0 Å². The molecule has 0 unspecified atom stereocenters. The SMILES string of the molecule is CCCN(CCC)c1ccc(C(=O)N2CCc3ccccc3C2)nn1. The summed E-state index contributed by atoms with van der Waals surface area (Å²) in [6.45, 7) is 7.61. The van der Waals surface area contributed by atoms with Gasteiger partial charge >= 0.3 is 0 Å². The van der Waals surface area contributed by atoms with Gasteiger partial charge in [-0.05, 0) is 42.5 Å². The van der Waals surface area contributed by atoms with Crippen molar-refractivity contribution in [3.63, 3.8) is 0 Å². The van der Waals surface area contributed by atoms with E-state index in [9.17, 15) is 4.79 Å². The van der Waals surface area contributed by atoms with Crippen LogP contribution in [-0.2, 0) is 13.0 Å². The third-order valence-corrected chi connectivity index (χ3v) is 4.60. The molecule has 2 aromatic rings. The predicted octanol–water partition coefficient (Wildman–Crippen LogP) is 3.30. The van der Waals surface area contributed by atoms with Crippen molar-refractivity contribution in [2.24, 2.45) is 0 Å². The molecule has 0 radical (unpaired) electrons. The molecular weight excluding hydrogens is 312 g/mol. The number of anilines is 1. The van der Waals surface area contributed by atoms with Crippen LogP contribution in [0.25, 0.3) is 0 Å². The summed E-state index contributed by atoms with van der Waals surface area (Å²) < 4.78 is 0. The van der Waals surface area contributed by atoms with Gasteiger partial charge in [-0.3, -0.25) is 4.79 Å². The van der Waals surface area contributed by atoms with Crippen LogP contribution >= 0.6 is 0 Å². The fraction of sp³-hybridized carbons (Fsp3) is 0.450. The summed E-state index contributed by atoms with van der Waals surface area (Å²) in [6.07, 6.45) is 3.03. The van der Waals surface area contributed by atoms with Crippen LogP contribution in [0.1, 0.15) is 48.3 Å². The van der Waals surface area contributed by atoms with Crippen LogP contribution in [0, 0.1) is 0 Å². The molecule has 132 valence electrons. The average molecular weight is 338 g/mol. The first-order chi connectivity index (χ1) is 12.2. The van der Waals surface area contributed by atoms with Crippen LogP contribution in [0.5, 0.6) is 0 Å². The summed E-state index contributed by atoms with van der Waals surface area (Å²) >= 11 is 0. The second kappa shape index (κ2) is 8.10. The molecule has 0 N–H and O–H groups in total. The van der Waals surface area contributed by atoms with Gasteiger partial charge in [0.1, 0.15) is 0 Å². The van der Waals surface area contributed by atoms with E-state index in [4.69, 9.17) is 0 Å². The van der Waals surface area contributed by atoms with E-state index in [0.29, 0.717) is 12.2 Å². The van der Waals surface area contributed by atoms with Gasteiger partial charge in [-0.15, -0.1) is 10.2 Å². The van der Waals surface area contributed by atoms with E-state index in [0.717, 1.165) is 44.7 Å². The molecule has 0 fully saturated rings. The zero-order valence-electron chi connectivity index (χ0n) is 15.1. The number of hydrogen-bond donors (Lipinski definition) is 0. The number of carbonyl (C=O) groups excluding carboxylic acids is 1. The molecule has 0 spiro atoms. The smallest absolute Gasteiger partial charge is 0.274 e. The molecule has 1 amide bonds. The Labute approximate surface area is 149 Å². The molecule has 0 atom stereocenters. The Morgan fingerprint density at radius 2 is 1.76 bits per heavy atom. The highest BCUT2D eigenvalue weighted by Crippen LogP contribution is 2.20. The molecular formula is C20H26N4O. The Morgan fingerprint density at radius 1 is 1.04 bits per heavy atom. The molecule has 5 heteroatoms. The van der Waals surface area contributed by atoms with E-state index in [1.165, 1.54) is 11.1 Å². The highest BCUT2D eigenvalue weighted by Gasteiger charge is 2.23. The average Bonchev–Trinajstić information content (AvgIpc) is 2.67. The fourth-order valence-corrected chi connectivity index (χ4v) is 3.32.